The van der Waals surface area contributed by atoms with Gasteiger partial charge < -0.3 is 15.8 Å². The molecule has 0 saturated heterocycles. The fourth-order valence-electron chi connectivity index (χ4n) is 3.02. The van der Waals surface area contributed by atoms with E-state index in [1.165, 1.54) is 25.4 Å². The van der Waals surface area contributed by atoms with Crippen molar-refractivity contribution >= 4 is 17.3 Å². The number of pyridine rings is 1. The zero-order valence-electron chi connectivity index (χ0n) is 15.9. The zero-order valence-corrected chi connectivity index (χ0v) is 15.9. The van der Waals surface area contributed by atoms with E-state index in [0.29, 0.717) is 28.4 Å². The summed E-state index contributed by atoms with van der Waals surface area (Å²) in [6, 6.07) is 12.7. The molecule has 0 radical (unpaired) electrons. The molecule has 0 aliphatic heterocycles. The van der Waals surface area contributed by atoms with E-state index in [9.17, 15) is 9.18 Å². The van der Waals surface area contributed by atoms with Crippen LogP contribution in [-0.4, -0.2) is 32.8 Å². The van der Waals surface area contributed by atoms with Crippen LogP contribution in [-0.2, 0) is 0 Å². The number of anilines is 2. The lowest BCUT2D eigenvalue weighted by Gasteiger charge is -2.12. The summed E-state index contributed by atoms with van der Waals surface area (Å²) in [5.74, 6) is -0.738. The molecule has 0 unspecified atom stereocenters. The lowest BCUT2D eigenvalue weighted by Crippen LogP contribution is -2.12. The lowest BCUT2D eigenvalue weighted by molar-refractivity contribution is 0.102. The Bertz CT molecular complexity index is 1210. The standard InChI is InChI=1S/C21H17FN6O2/c1-30-20-18(23)5-6-24-19(20)13-7-14(9-15(22)8-13)21(29)27-16-3-2-4-17(10-16)28-11-25-26-12-28/h2-12H,1H3,(H2,23,24)(H,27,29). The smallest absolute Gasteiger partial charge is 0.255 e. The number of nitrogens with one attached hydrogen (secondary N) is 1. The minimum Gasteiger partial charge on any atom is -0.492 e. The first-order chi connectivity index (χ1) is 14.5. The number of carbonyl (C=O) groups is 1. The largest absolute Gasteiger partial charge is 0.492 e. The molecule has 0 aliphatic carbocycles. The summed E-state index contributed by atoms with van der Waals surface area (Å²) < 4.78 is 21.3. The van der Waals surface area contributed by atoms with Crippen LogP contribution in [0.1, 0.15) is 10.4 Å². The second-order valence-electron chi connectivity index (χ2n) is 6.38. The normalized spacial score (nSPS) is 10.6. The van der Waals surface area contributed by atoms with Gasteiger partial charge in [-0.1, -0.05) is 6.07 Å². The number of nitrogens with zero attached hydrogens (tertiary/aromatic N) is 4. The molecule has 4 rings (SSSR count). The summed E-state index contributed by atoms with van der Waals surface area (Å²) in [7, 11) is 1.45. The minimum atomic E-state index is -0.581. The number of rotatable bonds is 5. The Balaban J connectivity index is 1.65. The number of nitrogen functional groups attached to an aromatic ring is 1. The molecule has 0 bridgehead atoms. The molecule has 0 aliphatic rings. The third kappa shape index (κ3) is 3.81. The van der Waals surface area contributed by atoms with Crippen LogP contribution in [0.25, 0.3) is 16.9 Å². The molecular weight excluding hydrogens is 387 g/mol. The fourth-order valence-corrected chi connectivity index (χ4v) is 3.02. The van der Waals surface area contributed by atoms with Gasteiger partial charge in [0, 0.05) is 23.0 Å². The molecular formula is C21H17FN6O2. The summed E-state index contributed by atoms with van der Waals surface area (Å²) in [6.07, 6.45) is 4.59. The molecule has 9 heteroatoms. The number of hydrogen-bond acceptors (Lipinski definition) is 6. The van der Waals surface area contributed by atoms with E-state index in [4.69, 9.17) is 10.5 Å². The first-order valence-corrected chi connectivity index (χ1v) is 8.91. The van der Waals surface area contributed by atoms with Crippen LogP contribution in [0.2, 0.25) is 0 Å². The Morgan fingerprint density at radius 2 is 1.93 bits per heavy atom. The van der Waals surface area contributed by atoms with Crippen LogP contribution >= 0.6 is 0 Å². The van der Waals surface area contributed by atoms with Gasteiger partial charge in [-0.15, -0.1) is 10.2 Å². The van der Waals surface area contributed by atoms with E-state index in [2.05, 4.69) is 20.5 Å². The van der Waals surface area contributed by atoms with E-state index in [-0.39, 0.29) is 5.56 Å². The van der Waals surface area contributed by atoms with Crippen molar-refractivity contribution in [1.82, 2.24) is 19.7 Å². The van der Waals surface area contributed by atoms with E-state index in [0.717, 1.165) is 11.8 Å². The van der Waals surface area contributed by atoms with Crippen LogP contribution < -0.4 is 15.8 Å². The van der Waals surface area contributed by atoms with Crippen LogP contribution in [0.15, 0.2) is 67.4 Å². The van der Waals surface area contributed by atoms with E-state index < -0.39 is 11.7 Å². The first kappa shape index (κ1) is 19.1. The predicted molar refractivity (Wildman–Crippen MR) is 110 cm³/mol. The number of hydrogen-bond donors (Lipinski definition) is 2. The van der Waals surface area contributed by atoms with Crippen molar-refractivity contribution in [3.63, 3.8) is 0 Å². The molecule has 1 amide bonds. The second kappa shape index (κ2) is 8.00. The number of nitrogens with two attached hydrogens (primary N) is 1. The van der Waals surface area contributed by atoms with Gasteiger partial charge >= 0.3 is 0 Å². The number of amides is 1. The number of carbonyl (C=O) groups excluding carboxylic acids is 1. The highest BCUT2D eigenvalue weighted by atomic mass is 19.1. The van der Waals surface area contributed by atoms with Crippen LogP contribution in [0.5, 0.6) is 5.75 Å². The molecule has 2 heterocycles. The van der Waals surface area contributed by atoms with Crippen molar-refractivity contribution in [2.45, 2.75) is 0 Å². The topological polar surface area (TPSA) is 108 Å². The number of benzene rings is 2. The van der Waals surface area contributed by atoms with Crippen molar-refractivity contribution in [2.24, 2.45) is 0 Å². The van der Waals surface area contributed by atoms with Gasteiger partial charge in [-0.3, -0.25) is 14.3 Å². The zero-order chi connectivity index (χ0) is 21.1. The Hall–Kier alpha value is -4.27. The monoisotopic (exact) mass is 404 g/mol. The quantitative estimate of drug-likeness (QED) is 0.528. The van der Waals surface area contributed by atoms with Crippen molar-refractivity contribution in [3.8, 4) is 22.7 Å². The second-order valence-corrected chi connectivity index (χ2v) is 6.38. The van der Waals surface area contributed by atoms with Gasteiger partial charge in [0.25, 0.3) is 5.91 Å². The maximum absolute atomic E-state index is 14.3. The third-order valence-corrected chi connectivity index (χ3v) is 4.39. The van der Waals surface area contributed by atoms with E-state index in [1.54, 1.807) is 41.5 Å². The van der Waals surface area contributed by atoms with E-state index in [1.807, 2.05) is 6.07 Å². The molecule has 150 valence electrons. The first-order valence-electron chi connectivity index (χ1n) is 8.91. The van der Waals surface area contributed by atoms with Gasteiger partial charge in [-0.2, -0.15) is 0 Å². The predicted octanol–water partition coefficient (Wildman–Crippen LogP) is 3.31. The molecule has 4 aromatic rings. The third-order valence-electron chi connectivity index (χ3n) is 4.39. The van der Waals surface area contributed by atoms with Gasteiger partial charge in [-0.05, 0) is 42.5 Å². The Kier molecular flexibility index (Phi) is 5.08. The van der Waals surface area contributed by atoms with Crippen LogP contribution in [0.4, 0.5) is 15.8 Å². The van der Waals surface area contributed by atoms with Gasteiger partial charge in [0.05, 0.1) is 18.5 Å². The highest BCUT2D eigenvalue weighted by Gasteiger charge is 2.15. The lowest BCUT2D eigenvalue weighted by atomic mass is 10.0. The van der Waals surface area contributed by atoms with Crippen molar-refractivity contribution in [2.75, 3.05) is 18.2 Å². The van der Waals surface area contributed by atoms with Crippen LogP contribution in [0, 0.1) is 5.82 Å². The molecule has 30 heavy (non-hydrogen) atoms. The van der Waals surface area contributed by atoms with Crippen LogP contribution in [0.3, 0.4) is 0 Å². The number of halogens is 1. The summed E-state index contributed by atoms with van der Waals surface area (Å²) in [5, 5.41) is 10.3. The Morgan fingerprint density at radius 1 is 1.13 bits per heavy atom. The number of aromatic nitrogens is 4. The van der Waals surface area contributed by atoms with Crippen molar-refractivity contribution in [3.05, 3.63) is 78.8 Å². The maximum atomic E-state index is 14.3. The molecule has 0 spiro atoms. The highest BCUT2D eigenvalue weighted by Crippen LogP contribution is 2.33. The average molecular weight is 404 g/mol. The molecule has 2 aromatic heterocycles. The average Bonchev–Trinajstić information content (AvgIpc) is 3.28. The van der Waals surface area contributed by atoms with Crippen molar-refractivity contribution in [1.29, 1.82) is 0 Å². The van der Waals surface area contributed by atoms with Gasteiger partial charge in [0.1, 0.15) is 24.2 Å². The minimum absolute atomic E-state index is 0.131. The molecule has 0 fully saturated rings. The van der Waals surface area contributed by atoms with Gasteiger partial charge in [-0.25, -0.2) is 4.39 Å². The molecule has 2 aromatic carbocycles. The Morgan fingerprint density at radius 3 is 2.70 bits per heavy atom. The fraction of sp³-hybridized carbons (Fsp3) is 0.0476. The molecule has 8 nitrogen and oxygen atoms in total. The summed E-state index contributed by atoms with van der Waals surface area (Å²) in [6.45, 7) is 0. The number of methoxy groups -OCH3 is 1. The van der Waals surface area contributed by atoms with Gasteiger partial charge in [0.2, 0.25) is 0 Å². The SMILES string of the molecule is COc1c(N)ccnc1-c1cc(F)cc(C(=O)Nc2cccc(-n3cnnc3)c2)c1. The summed E-state index contributed by atoms with van der Waals surface area (Å²) >= 11 is 0. The molecule has 0 saturated carbocycles. The number of ether oxygens (including phenoxy) is 1. The Labute approximate surface area is 171 Å². The van der Waals surface area contributed by atoms with E-state index >= 15 is 0 Å². The molecule has 0 atom stereocenters. The maximum Gasteiger partial charge on any atom is 0.255 e. The van der Waals surface area contributed by atoms with Crippen molar-refractivity contribution < 1.29 is 13.9 Å². The van der Waals surface area contributed by atoms with Gasteiger partial charge in [0.15, 0.2) is 5.75 Å². The summed E-state index contributed by atoms with van der Waals surface area (Å²) in [4.78, 5) is 17.0. The molecule has 3 N–H and O–H groups in total. The summed E-state index contributed by atoms with van der Waals surface area (Å²) in [5.41, 5.74) is 8.44. The highest BCUT2D eigenvalue weighted by molar-refractivity contribution is 6.05.